The second kappa shape index (κ2) is 9.17. The maximum absolute atomic E-state index is 13.3. The fourth-order valence-electron chi connectivity index (χ4n) is 4.14. The van der Waals surface area contributed by atoms with Crippen LogP contribution < -0.4 is 9.64 Å². The van der Waals surface area contributed by atoms with Crippen LogP contribution in [-0.2, 0) is 9.59 Å². The maximum Gasteiger partial charge on any atom is 0.301 e. The van der Waals surface area contributed by atoms with Crippen LogP contribution in [0.2, 0.25) is 5.02 Å². The summed E-state index contributed by atoms with van der Waals surface area (Å²) in [5, 5.41) is 12.2. The van der Waals surface area contributed by atoms with Crippen LogP contribution in [0.1, 0.15) is 29.7 Å². The van der Waals surface area contributed by atoms with Crippen LogP contribution in [0.3, 0.4) is 0 Å². The fourth-order valence-corrected chi connectivity index (χ4v) is 5.36. The molecule has 0 radical (unpaired) electrons. The minimum atomic E-state index is -0.861. The van der Waals surface area contributed by atoms with E-state index < -0.39 is 17.7 Å². The summed E-state index contributed by atoms with van der Waals surface area (Å²) >= 11 is 7.43. The van der Waals surface area contributed by atoms with E-state index in [1.807, 2.05) is 32.0 Å². The number of ether oxygens (including phenoxy) is 1. The summed E-state index contributed by atoms with van der Waals surface area (Å²) in [4.78, 5) is 32.7. The van der Waals surface area contributed by atoms with E-state index >= 15 is 0 Å². The predicted octanol–water partition coefficient (Wildman–Crippen LogP) is 6.28. The SMILES string of the molecule is CCOc1ccc(/C(O)=C2\C(=O)C(=O)N(c3nc4ccc(C)cc4s3)[C@@H]2c2ccc(Cl)cc2)cc1. The summed E-state index contributed by atoms with van der Waals surface area (Å²) < 4.78 is 6.38. The molecule has 0 unspecified atom stereocenters. The molecule has 0 spiro atoms. The van der Waals surface area contributed by atoms with Gasteiger partial charge in [0.15, 0.2) is 5.13 Å². The molecule has 35 heavy (non-hydrogen) atoms. The van der Waals surface area contributed by atoms with E-state index in [9.17, 15) is 14.7 Å². The number of Topliss-reactive ketones (excluding diaryl/α,β-unsaturated/α-hetero) is 1. The third-order valence-corrected chi connectivity index (χ3v) is 7.08. The third kappa shape index (κ3) is 4.17. The molecule has 6 nitrogen and oxygen atoms in total. The van der Waals surface area contributed by atoms with E-state index in [1.165, 1.54) is 16.2 Å². The summed E-state index contributed by atoms with van der Waals surface area (Å²) in [5.41, 5.74) is 2.84. The molecule has 0 bridgehead atoms. The first-order chi connectivity index (χ1) is 16.9. The van der Waals surface area contributed by atoms with Gasteiger partial charge < -0.3 is 9.84 Å². The number of aliphatic hydroxyl groups excluding tert-OH is 1. The predicted molar refractivity (Wildman–Crippen MR) is 138 cm³/mol. The number of halogens is 1. The molecule has 5 rings (SSSR count). The molecular weight excluding hydrogens is 484 g/mol. The highest BCUT2D eigenvalue weighted by atomic mass is 35.5. The van der Waals surface area contributed by atoms with E-state index in [2.05, 4.69) is 4.98 Å². The van der Waals surface area contributed by atoms with Gasteiger partial charge in [0.2, 0.25) is 0 Å². The van der Waals surface area contributed by atoms with Gasteiger partial charge in [-0.3, -0.25) is 14.5 Å². The lowest BCUT2D eigenvalue weighted by Gasteiger charge is -2.23. The molecule has 176 valence electrons. The highest BCUT2D eigenvalue weighted by Crippen LogP contribution is 2.44. The molecule has 4 aromatic rings. The largest absolute Gasteiger partial charge is 0.507 e. The Kier molecular flexibility index (Phi) is 6.05. The van der Waals surface area contributed by atoms with Gasteiger partial charge in [0, 0.05) is 10.6 Å². The van der Waals surface area contributed by atoms with Crippen molar-refractivity contribution in [1.29, 1.82) is 0 Å². The molecule has 1 aliphatic rings. The Hall–Kier alpha value is -3.68. The van der Waals surface area contributed by atoms with Crippen molar-refractivity contribution in [1.82, 2.24) is 4.98 Å². The highest BCUT2D eigenvalue weighted by molar-refractivity contribution is 7.22. The average Bonchev–Trinajstić information content (AvgIpc) is 3.37. The highest BCUT2D eigenvalue weighted by Gasteiger charge is 2.48. The zero-order chi connectivity index (χ0) is 24.7. The van der Waals surface area contributed by atoms with Crippen molar-refractivity contribution in [3.8, 4) is 5.75 Å². The van der Waals surface area contributed by atoms with Crippen molar-refractivity contribution in [3.63, 3.8) is 0 Å². The Labute approximate surface area is 211 Å². The Balaban J connectivity index is 1.68. The van der Waals surface area contributed by atoms with Crippen LogP contribution in [0, 0.1) is 6.92 Å². The molecule has 1 aromatic heterocycles. The van der Waals surface area contributed by atoms with E-state index in [0.717, 1.165) is 15.8 Å². The van der Waals surface area contributed by atoms with Crippen LogP contribution in [0.4, 0.5) is 5.13 Å². The molecule has 1 atom stereocenters. The fraction of sp³-hybridized carbons (Fsp3) is 0.148. The maximum atomic E-state index is 13.3. The number of amides is 1. The zero-order valence-electron chi connectivity index (χ0n) is 19.0. The number of hydrogen-bond donors (Lipinski definition) is 1. The molecule has 8 heteroatoms. The van der Waals surface area contributed by atoms with Gasteiger partial charge in [0.05, 0.1) is 28.4 Å². The van der Waals surface area contributed by atoms with Crippen molar-refractivity contribution in [2.24, 2.45) is 0 Å². The van der Waals surface area contributed by atoms with E-state index in [4.69, 9.17) is 16.3 Å². The standard InChI is InChI=1S/C27H21ClN2O4S/c1-3-34-19-11-7-17(8-12-19)24(31)22-23(16-5-9-18(28)10-6-16)30(26(33)25(22)32)27-29-20-13-4-15(2)14-21(20)35-27/h4-14,23,31H,3H2,1-2H3/b24-22+/t23-/m1/s1. The number of hydrogen-bond acceptors (Lipinski definition) is 6. The first-order valence-corrected chi connectivity index (χ1v) is 12.2. The van der Waals surface area contributed by atoms with Crippen LogP contribution in [0.5, 0.6) is 5.75 Å². The minimum absolute atomic E-state index is 0.00285. The lowest BCUT2D eigenvalue weighted by Crippen LogP contribution is -2.29. The summed E-state index contributed by atoms with van der Waals surface area (Å²) in [5.74, 6) is -1.13. The molecule has 1 N–H and O–H groups in total. The number of carbonyl (C=O) groups is 2. The molecule has 2 heterocycles. The summed E-state index contributed by atoms with van der Waals surface area (Å²) in [6, 6.07) is 18.6. The molecule has 1 aliphatic heterocycles. The zero-order valence-corrected chi connectivity index (χ0v) is 20.6. The lowest BCUT2D eigenvalue weighted by molar-refractivity contribution is -0.132. The second-order valence-electron chi connectivity index (χ2n) is 8.15. The lowest BCUT2D eigenvalue weighted by atomic mass is 9.95. The van der Waals surface area contributed by atoms with Gasteiger partial charge in [-0.15, -0.1) is 0 Å². The number of thiazole rings is 1. The first kappa shape index (κ1) is 23.1. The molecule has 0 saturated carbocycles. The molecular formula is C27H21ClN2O4S. The van der Waals surface area contributed by atoms with Crippen molar-refractivity contribution >= 4 is 55.7 Å². The number of aryl methyl sites for hydroxylation is 1. The van der Waals surface area contributed by atoms with Gasteiger partial charge in [-0.05, 0) is 73.5 Å². The normalized spacial score (nSPS) is 17.3. The molecule has 1 saturated heterocycles. The Morgan fingerprint density at radius 3 is 2.49 bits per heavy atom. The number of ketones is 1. The molecule has 1 fully saturated rings. The minimum Gasteiger partial charge on any atom is -0.507 e. The van der Waals surface area contributed by atoms with E-state index in [0.29, 0.717) is 33.6 Å². The van der Waals surface area contributed by atoms with Crippen LogP contribution in [0.25, 0.3) is 16.0 Å². The van der Waals surface area contributed by atoms with Crippen molar-refractivity contribution in [3.05, 3.63) is 94.0 Å². The quantitative estimate of drug-likeness (QED) is 0.196. The van der Waals surface area contributed by atoms with Crippen molar-refractivity contribution in [2.75, 3.05) is 11.5 Å². The van der Waals surface area contributed by atoms with Crippen LogP contribution in [-0.4, -0.2) is 28.4 Å². The average molecular weight is 505 g/mol. The second-order valence-corrected chi connectivity index (χ2v) is 9.59. The number of fused-ring (bicyclic) bond motifs is 1. The van der Waals surface area contributed by atoms with Gasteiger partial charge in [-0.1, -0.05) is 41.1 Å². The Morgan fingerprint density at radius 1 is 1.09 bits per heavy atom. The summed E-state index contributed by atoms with van der Waals surface area (Å²) in [7, 11) is 0. The van der Waals surface area contributed by atoms with Gasteiger partial charge in [0.25, 0.3) is 5.78 Å². The smallest absolute Gasteiger partial charge is 0.301 e. The number of aromatic nitrogens is 1. The van der Waals surface area contributed by atoms with Crippen LogP contribution >= 0.6 is 22.9 Å². The number of aliphatic hydroxyl groups is 1. The number of nitrogens with zero attached hydrogens (tertiary/aromatic N) is 2. The summed E-state index contributed by atoms with van der Waals surface area (Å²) in [6.07, 6.45) is 0. The first-order valence-electron chi connectivity index (χ1n) is 11.0. The van der Waals surface area contributed by atoms with Gasteiger partial charge in [-0.2, -0.15) is 0 Å². The number of rotatable bonds is 5. The van der Waals surface area contributed by atoms with Crippen molar-refractivity contribution in [2.45, 2.75) is 19.9 Å². The molecule has 3 aromatic carbocycles. The monoisotopic (exact) mass is 504 g/mol. The van der Waals surface area contributed by atoms with Gasteiger partial charge in [0.1, 0.15) is 11.5 Å². The van der Waals surface area contributed by atoms with Gasteiger partial charge >= 0.3 is 5.91 Å². The van der Waals surface area contributed by atoms with E-state index in [-0.39, 0.29) is 11.3 Å². The van der Waals surface area contributed by atoms with Crippen LogP contribution in [0.15, 0.2) is 72.3 Å². The Morgan fingerprint density at radius 2 is 1.80 bits per heavy atom. The van der Waals surface area contributed by atoms with Gasteiger partial charge in [-0.25, -0.2) is 4.98 Å². The third-order valence-electron chi connectivity index (χ3n) is 5.81. The van der Waals surface area contributed by atoms with E-state index in [1.54, 1.807) is 48.5 Å². The topological polar surface area (TPSA) is 79.7 Å². The van der Waals surface area contributed by atoms with Crippen molar-refractivity contribution < 1.29 is 19.4 Å². The Bertz CT molecular complexity index is 1480. The summed E-state index contributed by atoms with van der Waals surface area (Å²) in [6.45, 7) is 4.37. The molecule has 0 aliphatic carbocycles. The number of benzene rings is 3. The molecule has 1 amide bonds. The number of carbonyl (C=O) groups excluding carboxylic acids is 2. The number of anilines is 1.